The number of aryl methyl sites for hydroxylation is 1. The van der Waals surface area contributed by atoms with Crippen molar-refractivity contribution in [2.45, 2.75) is 52.1 Å². The first-order valence-corrected chi connectivity index (χ1v) is 6.09. The van der Waals surface area contributed by atoms with E-state index in [9.17, 15) is 0 Å². The van der Waals surface area contributed by atoms with Gasteiger partial charge in [-0.05, 0) is 36.8 Å². The SMILES string of the molecule is CCC1NCc2cc(C)ccc2C1CC. The summed E-state index contributed by atoms with van der Waals surface area (Å²) >= 11 is 0. The minimum Gasteiger partial charge on any atom is -0.309 e. The van der Waals surface area contributed by atoms with Crippen molar-refractivity contribution in [1.29, 1.82) is 0 Å². The molecule has 1 heteroatoms. The molecule has 0 amide bonds. The highest BCUT2D eigenvalue weighted by Gasteiger charge is 2.26. The van der Waals surface area contributed by atoms with E-state index in [4.69, 9.17) is 0 Å². The summed E-state index contributed by atoms with van der Waals surface area (Å²) in [5.74, 6) is 0.708. The van der Waals surface area contributed by atoms with Gasteiger partial charge in [0.25, 0.3) is 0 Å². The fourth-order valence-corrected chi connectivity index (χ4v) is 2.78. The molecule has 82 valence electrons. The number of hydrogen-bond donors (Lipinski definition) is 1. The van der Waals surface area contributed by atoms with Crippen molar-refractivity contribution >= 4 is 0 Å². The van der Waals surface area contributed by atoms with Gasteiger partial charge in [-0.15, -0.1) is 0 Å². The van der Waals surface area contributed by atoms with E-state index in [1.807, 2.05) is 0 Å². The predicted molar refractivity (Wildman–Crippen MR) is 65.1 cm³/mol. The number of fused-ring (bicyclic) bond motifs is 1. The van der Waals surface area contributed by atoms with Crippen LogP contribution in [0.1, 0.15) is 49.3 Å². The van der Waals surface area contributed by atoms with Gasteiger partial charge in [0, 0.05) is 12.6 Å². The van der Waals surface area contributed by atoms with Crippen molar-refractivity contribution in [2.24, 2.45) is 0 Å². The largest absolute Gasteiger partial charge is 0.309 e. The van der Waals surface area contributed by atoms with Crippen molar-refractivity contribution in [1.82, 2.24) is 5.32 Å². The van der Waals surface area contributed by atoms with Gasteiger partial charge in [-0.1, -0.05) is 37.6 Å². The molecule has 1 aliphatic heterocycles. The van der Waals surface area contributed by atoms with Crippen LogP contribution in [0, 0.1) is 6.92 Å². The highest BCUT2D eigenvalue weighted by molar-refractivity contribution is 5.36. The van der Waals surface area contributed by atoms with E-state index in [1.165, 1.54) is 24.0 Å². The Labute approximate surface area is 92.9 Å². The van der Waals surface area contributed by atoms with Crippen molar-refractivity contribution in [2.75, 3.05) is 0 Å². The van der Waals surface area contributed by atoms with E-state index >= 15 is 0 Å². The molecule has 1 N–H and O–H groups in total. The molecule has 0 aliphatic carbocycles. The summed E-state index contributed by atoms with van der Waals surface area (Å²) in [5, 5.41) is 3.65. The average molecular weight is 203 g/mol. The lowest BCUT2D eigenvalue weighted by molar-refractivity contribution is 0.383. The van der Waals surface area contributed by atoms with Gasteiger partial charge in [0.05, 0.1) is 0 Å². The second-order valence-corrected chi connectivity index (χ2v) is 4.61. The zero-order valence-corrected chi connectivity index (χ0v) is 10.0. The van der Waals surface area contributed by atoms with E-state index in [1.54, 1.807) is 5.56 Å². The molecular weight excluding hydrogens is 182 g/mol. The fourth-order valence-electron chi connectivity index (χ4n) is 2.78. The van der Waals surface area contributed by atoms with Crippen molar-refractivity contribution in [3.05, 3.63) is 34.9 Å². The zero-order valence-electron chi connectivity index (χ0n) is 10.0. The van der Waals surface area contributed by atoms with Crippen molar-refractivity contribution < 1.29 is 0 Å². The molecular formula is C14H21N. The molecule has 0 aromatic heterocycles. The van der Waals surface area contributed by atoms with Gasteiger partial charge < -0.3 is 5.32 Å². The first-order valence-electron chi connectivity index (χ1n) is 6.09. The number of benzene rings is 1. The van der Waals surface area contributed by atoms with Crippen LogP contribution >= 0.6 is 0 Å². The molecule has 0 radical (unpaired) electrons. The molecule has 1 nitrogen and oxygen atoms in total. The second kappa shape index (κ2) is 4.36. The molecule has 0 saturated carbocycles. The number of nitrogens with one attached hydrogen (secondary N) is 1. The summed E-state index contributed by atoms with van der Waals surface area (Å²) in [7, 11) is 0. The lowest BCUT2D eigenvalue weighted by Crippen LogP contribution is -2.38. The summed E-state index contributed by atoms with van der Waals surface area (Å²) in [5.41, 5.74) is 4.46. The van der Waals surface area contributed by atoms with Gasteiger partial charge in [-0.2, -0.15) is 0 Å². The Morgan fingerprint density at radius 3 is 2.73 bits per heavy atom. The van der Waals surface area contributed by atoms with Crippen LogP contribution in [0.4, 0.5) is 0 Å². The maximum Gasteiger partial charge on any atom is 0.0211 e. The monoisotopic (exact) mass is 203 g/mol. The number of rotatable bonds is 2. The van der Waals surface area contributed by atoms with Crippen LogP contribution in [0.5, 0.6) is 0 Å². The maximum absolute atomic E-state index is 3.65. The molecule has 0 spiro atoms. The van der Waals surface area contributed by atoms with Crippen LogP contribution in [0.25, 0.3) is 0 Å². The van der Waals surface area contributed by atoms with Crippen LogP contribution in [0.15, 0.2) is 18.2 Å². The molecule has 2 unspecified atom stereocenters. The standard InChI is InChI=1S/C14H21N/c1-4-12-13-7-6-10(3)8-11(13)9-15-14(12)5-2/h6-8,12,14-15H,4-5,9H2,1-3H3. The summed E-state index contributed by atoms with van der Waals surface area (Å²) in [6, 6.07) is 7.59. The third-order valence-electron chi connectivity index (χ3n) is 3.62. The number of hydrogen-bond acceptors (Lipinski definition) is 1. The summed E-state index contributed by atoms with van der Waals surface area (Å²) in [6.45, 7) is 7.79. The maximum atomic E-state index is 3.65. The van der Waals surface area contributed by atoms with Gasteiger partial charge in [0.15, 0.2) is 0 Å². The lowest BCUT2D eigenvalue weighted by Gasteiger charge is -2.33. The lowest BCUT2D eigenvalue weighted by atomic mass is 9.81. The highest BCUT2D eigenvalue weighted by Crippen LogP contribution is 2.32. The quantitative estimate of drug-likeness (QED) is 0.777. The molecule has 2 rings (SSSR count). The molecule has 0 fully saturated rings. The Morgan fingerprint density at radius 1 is 1.27 bits per heavy atom. The molecule has 1 heterocycles. The molecule has 1 aromatic carbocycles. The Kier molecular flexibility index (Phi) is 3.11. The van der Waals surface area contributed by atoms with E-state index in [-0.39, 0.29) is 0 Å². The van der Waals surface area contributed by atoms with Gasteiger partial charge >= 0.3 is 0 Å². The third-order valence-corrected chi connectivity index (χ3v) is 3.62. The van der Waals surface area contributed by atoms with Crippen LogP contribution < -0.4 is 5.32 Å². The predicted octanol–water partition coefficient (Wildman–Crippen LogP) is 3.37. The fraction of sp³-hybridized carbons (Fsp3) is 0.571. The van der Waals surface area contributed by atoms with Gasteiger partial charge in [-0.3, -0.25) is 0 Å². The van der Waals surface area contributed by atoms with Gasteiger partial charge in [0.1, 0.15) is 0 Å². The highest BCUT2D eigenvalue weighted by atomic mass is 14.9. The Balaban J connectivity index is 2.37. The van der Waals surface area contributed by atoms with E-state index < -0.39 is 0 Å². The van der Waals surface area contributed by atoms with E-state index in [0.717, 1.165) is 6.54 Å². The van der Waals surface area contributed by atoms with E-state index in [0.29, 0.717) is 12.0 Å². The Hall–Kier alpha value is -0.820. The third kappa shape index (κ3) is 1.93. The second-order valence-electron chi connectivity index (χ2n) is 4.61. The summed E-state index contributed by atoms with van der Waals surface area (Å²) < 4.78 is 0. The Morgan fingerprint density at radius 2 is 2.07 bits per heavy atom. The first-order chi connectivity index (χ1) is 7.26. The topological polar surface area (TPSA) is 12.0 Å². The van der Waals surface area contributed by atoms with Crippen LogP contribution in [-0.4, -0.2) is 6.04 Å². The molecule has 1 aliphatic rings. The summed E-state index contributed by atoms with van der Waals surface area (Å²) in [4.78, 5) is 0. The molecule has 2 atom stereocenters. The van der Waals surface area contributed by atoms with Crippen molar-refractivity contribution in [3.8, 4) is 0 Å². The molecule has 15 heavy (non-hydrogen) atoms. The summed E-state index contributed by atoms with van der Waals surface area (Å²) in [6.07, 6.45) is 2.47. The molecule has 1 aromatic rings. The van der Waals surface area contributed by atoms with Crippen LogP contribution in [0.2, 0.25) is 0 Å². The van der Waals surface area contributed by atoms with Crippen molar-refractivity contribution in [3.63, 3.8) is 0 Å². The average Bonchev–Trinajstić information content (AvgIpc) is 2.27. The molecule has 0 saturated heterocycles. The zero-order chi connectivity index (χ0) is 10.8. The smallest absolute Gasteiger partial charge is 0.0211 e. The first kappa shape index (κ1) is 10.7. The van der Waals surface area contributed by atoms with Crippen LogP contribution in [0.3, 0.4) is 0 Å². The molecule has 0 bridgehead atoms. The normalized spacial score (nSPS) is 25.0. The minimum absolute atomic E-state index is 0.671. The Bertz CT molecular complexity index is 343. The van der Waals surface area contributed by atoms with E-state index in [2.05, 4.69) is 44.3 Å². The minimum atomic E-state index is 0.671. The van der Waals surface area contributed by atoms with Gasteiger partial charge in [0.2, 0.25) is 0 Å². The van der Waals surface area contributed by atoms with Crippen LogP contribution in [-0.2, 0) is 6.54 Å². The van der Waals surface area contributed by atoms with Gasteiger partial charge in [-0.25, -0.2) is 0 Å².